The van der Waals surface area contributed by atoms with Crippen LogP contribution in [-0.4, -0.2) is 11.9 Å². The van der Waals surface area contributed by atoms with Gasteiger partial charge in [0.1, 0.15) is 0 Å². The molecule has 0 aromatic carbocycles. The number of terminal acetylenes is 1. The largest absolute Gasteiger partial charge is 0.342 e. The summed E-state index contributed by atoms with van der Waals surface area (Å²) in [7, 11) is 0. The highest BCUT2D eigenvalue weighted by molar-refractivity contribution is 5.76. The molecule has 0 saturated heterocycles. The lowest BCUT2D eigenvalue weighted by atomic mass is 10.1. The SMILES string of the molecule is C#CC(CC)NC(=O)CCCCCCCCCCC. The molecule has 19 heavy (non-hydrogen) atoms. The minimum atomic E-state index is -0.0916. The van der Waals surface area contributed by atoms with Crippen molar-refractivity contribution in [2.75, 3.05) is 0 Å². The van der Waals surface area contributed by atoms with E-state index in [1.807, 2.05) is 6.92 Å². The fourth-order valence-electron chi connectivity index (χ4n) is 2.12. The van der Waals surface area contributed by atoms with Crippen LogP contribution in [0.15, 0.2) is 0 Å². The summed E-state index contributed by atoms with van der Waals surface area (Å²) in [4.78, 5) is 11.6. The Hall–Kier alpha value is -0.970. The Kier molecular flexibility index (Phi) is 12.8. The number of carbonyl (C=O) groups excluding carboxylic acids is 1. The van der Waals surface area contributed by atoms with Crippen molar-refractivity contribution >= 4 is 5.91 Å². The third-order valence-corrected chi connectivity index (χ3v) is 3.45. The predicted molar refractivity (Wildman–Crippen MR) is 82.9 cm³/mol. The smallest absolute Gasteiger partial charge is 0.220 e. The summed E-state index contributed by atoms with van der Waals surface area (Å²) in [6.07, 6.45) is 18.2. The van der Waals surface area contributed by atoms with Crippen molar-refractivity contribution in [1.82, 2.24) is 5.32 Å². The number of hydrogen-bond donors (Lipinski definition) is 1. The molecular weight excluding hydrogens is 234 g/mol. The van der Waals surface area contributed by atoms with E-state index in [0.717, 1.165) is 19.3 Å². The molecule has 1 amide bonds. The number of carbonyl (C=O) groups is 1. The molecule has 0 rings (SSSR count). The maximum atomic E-state index is 11.6. The van der Waals surface area contributed by atoms with Gasteiger partial charge in [-0.2, -0.15) is 0 Å². The lowest BCUT2D eigenvalue weighted by molar-refractivity contribution is -0.121. The quantitative estimate of drug-likeness (QED) is 0.410. The number of unbranched alkanes of at least 4 members (excludes halogenated alkanes) is 8. The Bertz CT molecular complexity index is 254. The molecule has 1 atom stereocenters. The van der Waals surface area contributed by atoms with Gasteiger partial charge in [0.2, 0.25) is 5.91 Å². The molecule has 110 valence electrons. The van der Waals surface area contributed by atoms with Crippen molar-refractivity contribution in [1.29, 1.82) is 0 Å². The van der Waals surface area contributed by atoms with E-state index in [-0.39, 0.29) is 11.9 Å². The van der Waals surface area contributed by atoms with Crippen molar-refractivity contribution in [3.05, 3.63) is 0 Å². The third kappa shape index (κ3) is 11.8. The van der Waals surface area contributed by atoms with Crippen molar-refractivity contribution in [2.45, 2.75) is 90.5 Å². The van der Waals surface area contributed by atoms with Gasteiger partial charge in [0.05, 0.1) is 6.04 Å². The van der Waals surface area contributed by atoms with Crippen LogP contribution in [0.1, 0.15) is 84.5 Å². The minimum absolute atomic E-state index is 0.0916. The van der Waals surface area contributed by atoms with Crippen LogP contribution in [0.4, 0.5) is 0 Å². The van der Waals surface area contributed by atoms with Gasteiger partial charge >= 0.3 is 0 Å². The number of nitrogens with one attached hydrogen (secondary N) is 1. The van der Waals surface area contributed by atoms with Crippen molar-refractivity contribution in [3.63, 3.8) is 0 Å². The zero-order valence-corrected chi connectivity index (χ0v) is 12.8. The molecule has 1 N–H and O–H groups in total. The Morgan fingerprint density at radius 2 is 1.53 bits per heavy atom. The normalized spacial score (nSPS) is 11.8. The van der Waals surface area contributed by atoms with Crippen molar-refractivity contribution in [2.24, 2.45) is 0 Å². The van der Waals surface area contributed by atoms with Crippen LogP contribution in [-0.2, 0) is 4.79 Å². The van der Waals surface area contributed by atoms with Gasteiger partial charge in [-0.3, -0.25) is 4.79 Å². The van der Waals surface area contributed by atoms with E-state index in [0.29, 0.717) is 6.42 Å². The maximum Gasteiger partial charge on any atom is 0.220 e. The van der Waals surface area contributed by atoms with E-state index in [9.17, 15) is 4.79 Å². The topological polar surface area (TPSA) is 29.1 Å². The molecular formula is C17H31NO. The summed E-state index contributed by atoms with van der Waals surface area (Å²) in [5.74, 6) is 2.69. The monoisotopic (exact) mass is 265 g/mol. The van der Waals surface area contributed by atoms with Crippen molar-refractivity contribution < 1.29 is 4.79 Å². The average molecular weight is 265 g/mol. The third-order valence-electron chi connectivity index (χ3n) is 3.45. The first-order chi connectivity index (χ1) is 9.24. The predicted octanol–water partition coefficient (Wildman–Crippen LogP) is 4.44. The number of rotatable bonds is 12. The lowest BCUT2D eigenvalue weighted by Crippen LogP contribution is -2.32. The Balaban J connectivity index is 3.30. The van der Waals surface area contributed by atoms with E-state index >= 15 is 0 Å². The average Bonchev–Trinajstić information content (AvgIpc) is 2.43. The molecule has 1 unspecified atom stereocenters. The molecule has 0 spiro atoms. The molecule has 0 radical (unpaired) electrons. The Morgan fingerprint density at radius 3 is 2.00 bits per heavy atom. The second-order valence-corrected chi connectivity index (χ2v) is 5.27. The summed E-state index contributed by atoms with van der Waals surface area (Å²) in [5.41, 5.74) is 0. The van der Waals surface area contributed by atoms with Gasteiger partial charge < -0.3 is 5.32 Å². The highest BCUT2D eigenvalue weighted by Crippen LogP contribution is 2.10. The molecule has 0 bridgehead atoms. The van der Waals surface area contributed by atoms with Crippen LogP contribution < -0.4 is 5.32 Å². The van der Waals surface area contributed by atoms with E-state index < -0.39 is 0 Å². The first-order valence-corrected chi connectivity index (χ1v) is 8.00. The van der Waals surface area contributed by atoms with Crippen molar-refractivity contribution in [3.8, 4) is 12.3 Å². The molecule has 2 nitrogen and oxygen atoms in total. The second-order valence-electron chi connectivity index (χ2n) is 5.27. The molecule has 0 saturated carbocycles. The van der Waals surface area contributed by atoms with E-state index in [1.54, 1.807) is 0 Å². The van der Waals surface area contributed by atoms with Crippen LogP contribution in [0, 0.1) is 12.3 Å². The Labute approximate surface area is 119 Å². The molecule has 0 aliphatic rings. The summed E-state index contributed by atoms with van der Waals surface area (Å²) >= 11 is 0. The minimum Gasteiger partial charge on any atom is -0.342 e. The summed E-state index contributed by atoms with van der Waals surface area (Å²) in [6, 6.07) is -0.0916. The summed E-state index contributed by atoms with van der Waals surface area (Å²) in [5, 5.41) is 2.87. The first-order valence-electron chi connectivity index (χ1n) is 8.00. The van der Waals surface area contributed by atoms with Gasteiger partial charge in [0, 0.05) is 6.42 Å². The fraction of sp³-hybridized carbons (Fsp3) is 0.824. The molecule has 0 heterocycles. The molecule has 0 aliphatic carbocycles. The van der Waals surface area contributed by atoms with Crippen LogP contribution >= 0.6 is 0 Å². The number of hydrogen-bond acceptors (Lipinski definition) is 1. The van der Waals surface area contributed by atoms with Gasteiger partial charge in [-0.1, -0.05) is 71.1 Å². The lowest BCUT2D eigenvalue weighted by Gasteiger charge is -2.10. The van der Waals surface area contributed by atoms with Gasteiger partial charge in [-0.15, -0.1) is 6.42 Å². The maximum absolute atomic E-state index is 11.6. The standard InChI is InChI=1S/C17H31NO/c1-4-7-8-9-10-11-12-13-14-15-17(19)18-16(5-2)6-3/h2,16H,4,6-15H2,1,3H3,(H,18,19). The fourth-order valence-corrected chi connectivity index (χ4v) is 2.12. The molecule has 0 aliphatic heterocycles. The van der Waals surface area contributed by atoms with Crippen LogP contribution in [0.25, 0.3) is 0 Å². The molecule has 2 heteroatoms. The zero-order chi connectivity index (χ0) is 14.3. The van der Waals surface area contributed by atoms with Gasteiger partial charge in [0.25, 0.3) is 0 Å². The van der Waals surface area contributed by atoms with Gasteiger partial charge in [0.15, 0.2) is 0 Å². The van der Waals surface area contributed by atoms with Crippen LogP contribution in [0.5, 0.6) is 0 Å². The zero-order valence-electron chi connectivity index (χ0n) is 12.8. The number of amides is 1. The summed E-state index contributed by atoms with van der Waals surface area (Å²) in [6.45, 7) is 4.23. The highest BCUT2D eigenvalue weighted by Gasteiger charge is 2.06. The Morgan fingerprint density at radius 1 is 1.00 bits per heavy atom. The van der Waals surface area contributed by atoms with E-state index in [4.69, 9.17) is 6.42 Å². The highest BCUT2D eigenvalue weighted by atomic mass is 16.1. The summed E-state index contributed by atoms with van der Waals surface area (Å²) < 4.78 is 0. The van der Waals surface area contributed by atoms with Gasteiger partial charge in [-0.05, 0) is 12.8 Å². The van der Waals surface area contributed by atoms with Crippen LogP contribution in [0.2, 0.25) is 0 Å². The molecule has 0 aromatic heterocycles. The molecule has 0 aromatic rings. The van der Waals surface area contributed by atoms with E-state index in [2.05, 4.69) is 18.2 Å². The van der Waals surface area contributed by atoms with Gasteiger partial charge in [-0.25, -0.2) is 0 Å². The first kappa shape index (κ1) is 18.0. The van der Waals surface area contributed by atoms with E-state index in [1.165, 1.54) is 44.9 Å². The molecule has 0 fully saturated rings. The van der Waals surface area contributed by atoms with Crippen LogP contribution in [0.3, 0.4) is 0 Å². The second kappa shape index (κ2) is 13.5.